The highest BCUT2D eigenvalue weighted by Gasteiger charge is 2.34. The van der Waals surface area contributed by atoms with Crippen molar-refractivity contribution in [2.75, 3.05) is 24.2 Å². The van der Waals surface area contributed by atoms with Gasteiger partial charge in [0.25, 0.3) is 0 Å². The van der Waals surface area contributed by atoms with E-state index in [0.717, 1.165) is 28.0 Å². The molecule has 0 bridgehead atoms. The van der Waals surface area contributed by atoms with E-state index in [1.54, 1.807) is 24.3 Å². The summed E-state index contributed by atoms with van der Waals surface area (Å²) in [4.78, 5) is 14.9. The number of aliphatic hydroxyl groups excluding tert-OH is 2. The fourth-order valence-corrected chi connectivity index (χ4v) is 5.94. The summed E-state index contributed by atoms with van der Waals surface area (Å²) in [6.45, 7) is 2.56. The van der Waals surface area contributed by atoms with Gasteiger partial charge in [-0.25, -0.2) is 4.79 Å². The van der Waals surface area contributed by atoms with Crippen LogP contribution in [-0.4, -0.2) is 46.9 Å². The van der Waals surface area contributed by atoms with Gasteiger partial charge in [-0.2, -0.15) is 0 Å². The number of urea groups is 1. The molecule has 0 aromatic heterocycles. The van der Waals surface area contributed by atoms with Crippen molar-refractivity contribution >= 4 is 17.4 Å². The predicted molar refractivity (Wildman–Crippen MR) is 194 cm³/mol. The first kappa shape index (κ1) is 34.8. The minimum atomic E-state index is -0.654. The number of benzene rings is 5. The molecule has 0 unspecified atom stereocenters. The van der Waals surface area contributed by atoms with Gasteiger partial charge in [0.2, 0.25) is 0 Å². The highest BCUT2D eigenvalue weighted by Crippen LogP contribution is 2.39. The van der Waals surface area contributed by atoms with Gasteiger partial charge in [0.1, 0.15) is 11.5 Å². The van der Waals surface area contributed by atoms with Gasteiger partial charge in [-0.15, -0.1) is 0 Å². The Labute approximate surface area is 293 Å². The largest absolute Gasteiger partial charge is 0.457 e. The number of hydrogen-bond acceptors (Lipinski definition) is 7. The van der Waals surface area contributed by atoms with E-state index >= 15 is 0 Å². The number of likely N-dealkylation sites (N-methyl/N-ethyl adjacent to an activating group) is 1. The molecule has 0 radical (unpaired) electrons. The first-order chi connectivity index (χ1) is 24.3. The van der Waals surface area contributed by atoms with Crippen molar-refractivity contribution in [3.8, 4) is 11.5 Å². The van der Waals surface area contributed by atoms with Gasteiger partial charge >= 0.3 is 6.03 Å². The number of nitrogens with zero attached hydrogens (tertiary/aromatic N) is 1. The fraction of sp³-hybridized carbons (Fsp3) is 0.244. The summed E-state index contributed by atoms with van der Waals surface area (Å²) >= 11 is 0. The predicted octanol–water partition coefficient (Wildman–Crippen LogP) is 8.21. The van der Waals surface area contributed by atoms with E-state index in [0.29, 0.717) is 30.1 Å². The third kappa shape index (κ3) is 9.15. The summed E-state index contributed by atoms with van der Waals surface area (Å²) in [7, 11) is 1.99. The lowest BCUT2D eigenvalue weighted by Crippen LogP contribution is -2.43. The standard InChI is InChI=1S/C41H43N3O6/c1-28(39(46)31-9-5-3-6-10-31)44(2)26-37-25-38(30-15-13-29(27-45)14-16-30)50-40(49-37)32-17-19-33(20-18-32)42-41(47)43-34-21-23-36(24-22-34)48-35-11-7-4-8-12-35/h3-24,28,37-40,45-46H,25-27H2,1-2H3,(H2,42,43,47)/t28-,37-,38+,39-,40+/m1/s1. The number of ether oxygens (including phenoxy) is 3. The van der Waals surface area contributed by atoms with E-state index < -0.39 is 12.4 Å². The van der Waals surface area contributed by atoms with E-state index in [2.05, 4.69) is 15.5 Å². The zero-order valence-corrected chi connectivity index (χ0v) is 28.2. The van der Waals surface area contributed by atoms with Gasteiger partial charge in [-0.3, -0.25) is 4.90 Å². The third-order valence-corrected chi connectivity index (χ3v) is 8.93. The number of hydrogen-bond donors (Lipinski definition) is 4. The summed E-state index contributed by atoms with van der Waals surface area (Å²) in [6, 6.07) is 41.0. The molecular formula is C41H43N3O6. The van der Waals surface area contributed by atoms with Gasteiger partial charge in [-0.1, -0.05) is 84.9 Å². The van der Waals surface area contributed by atoms with Gasteiger partial charge in [0, 0.05) is 35.9 Å². The van der Waals surface area contributed by atoms with Crippen LogP contribution in [0.3, 0.4) is 0 Å². The zero-order chi connectivity index (χ0) is 34.9. The summed E-state index contributed by atoms with van der Waals surface area (Å²) in [5.74, 6) is 1.41. The fourth-order valence-electron chi connectivity index (χ4n) is 5.94. The molecule has 1 aliphatic heterocycles. The summed E-state index contributed by atoms with van der Waals surface area (Å²) in [6.07, 6.45) is -1.13. The van der Waals surface area contributed by atoms with Crippen LogP contribution in [0.2, 0.25) is 0 Å². The number of carbonyl (C=O) groups is 1. The van der Waals surface area contributed by atoms with Crippen LogP contribution < -0.4 is 15.4 Å². The molecule has 1 saturated heterocycles. The van der Waals surface area contributed by atoms with Crippen molar-refractivity contribution in [2.24, 2.45) is 0 Å². The number of rotatable bonds is 12. The molecule has 6 rings (SSSR count). The van der Waals surface area contributed by atoms with Crippen molar-refractivity contribution in [2.45, 2.75) is 50.6 Å². The molecule has 4 N–H and O–H groups in total. The maximum atomic E-state index is 12.8. The van der Waals surface area contributed by atoms with E-state index in [4.69, 9.17) is 14.2 Å². The van der Waals surface area contributed by atoms with Crippen LogP contribution in [0.5, 0.6) is 11.5 Å². The minimum Gasteiger partial charge on any atom is -0.457 e. The van der Waals surface area contributed by atoms with Crippen molar-refractivity contribution in [3.63, 3.8) is 0 Å². The molecule has 5 atom stereocenters. The molecule has 258 valence electrons. The third-order valence-electron chi connectivity index (χ3n) is 8.93. The summed E-state index contributed by atoms with van der Waals surface area (Å²) in [5, 5.41) is 26.3. The quantitative estimate of drug-likeness (QED) is 0.106. The van der Waals surface area contributed by atoms with Crippen LogP contribution in [0.25, 0.3) is 0 Å². The Hall–Kier alpha value is -5.03. The average Bonchev–Trinajstić information content (AvgIpc) is 3.16. The molecule has 2 amide bonds. The van der Waals surface area contributed by atoms with Crippen molar-refractivity contribution in [1.82, 2.24) is 4.90 Å². The number of carbonyl (C=O) groups excluding carboxylic acids is 1. The minimum absolute atomic E-state index is 0.0268. The van der Waals surface area contributed by atoms with Crippen LogP contribution in [0.4, 0.5) is 16.2 Å². The highest BCUT2D eigenvalue weighted by atomic mass is 16.7. The van der Waals surface area contributed by atoms with Crippen LogP contribution in [0.1, 0.15) is 54.1 Å². The number of amides is 2. The maximum Gasteiger partial charge on any atom is 0.323 e. The molecule has 0 spiro atoms. The Balaban J connectivity index is 1.10. The molecule has 1 heterocycles. The molecule has 5 aromatic rings. The van der Waals surface area contributed by atoms with Crippen molar-refractivity contribution in [3.05, 3.63) is 156 Å². The second kappa shape index (κ2) is 16.6. The van der Waals surface area contributed by atoms with Gasteiger partial charge in [0.05, 0.1) is 24.9 Å². The Morgan fingerprint density at radius 2 is 1.34 bits per heavy atom. The molecule has 9 heteroatoms. The van der Waals surface area contributed by atoms with Crippen LogP contribution >= 0.6 is 0 Å². The topological polar surface area (TPSA) is 113 Å². The second-order valence-electron chi connectivity index (χ2n) is 12.5. The van der Waals surface area contributed by atoms with Gasteiger partial charge in [0.15, 0.2) is 6.29 Å². The first-order valence-corrected chi connectivity index (χ1v) is 16.8. The van der Waals surface area contributed by atoms with Crippen molar-refractivity contribution in [1.29, 1.82) is 0 Å². The first-order valence-electron chi connectivity index (χ1n) is 16.8. The molecular weight excluding hydrogens is 630 g/mol. The van der Waals surface area contributed by atoms with E-state index in [1.807, 2.05) is 123 Å². The second-order valence-corrected chi connectivity index (χ2v) is 12.5. The SMILES string of the molecule is C[C@H]([C@@H](O)c1ccccc1)N(C)C[C@H]1C[C@@H](c2ccc(CO)cc2)O[C@@H](c2ccc(NC(=O)Nc3ccc(Oc4ccccc4)cc3)cc2)O1. The van der Waals surface area contributed by atoms with Crippen LogP contribution in [-0.2, 0) is 16.1 Å². The molecule has 0 aliphatic carbocycles. The lowest BCUT2D eigenvalue weighted by atomic mass is 9.98. The molecule has 50 heavy (non-hydrogen) atoms. The Morgan fingerprint density at radius 1 is 0.780 bits per heavy atom. The molecule has 9 nitrogen and oxygen atoms in total. The normalized spacial score (nSPS) is 18.6. The summed E-state index contributed by atoms with van der Waals surface area (Å²) < 4.78 is 18.9. The molecule has 1 fully saturated rings. The highest BCUT2D eigenvalue weighted by molar-refractivity contribution is 5.99. The molecule has 0 saturated carbocycles. The number of anilines is 2. The molecule has 5 aromatic carbocycles. The maximum absolute atomic E-state index is 12.8. The Morgan fingerprint density at radius 3 is 1.96 bits per heavy atom. The van der Waals surface area contributed by atoms with Gasteiger partial charge in [-0.05, 0) is 79.2 Å². The smallest absolute Gasteiger partial charge is 0.323 e. The zero-order valence-electron chi connectivity index (χ0n) is 28.2. The van der Waals surface area contributed by atoms with Gasteiger partial charge < -0.3 is 35.1 Å². The lowest BCUT2D eigenvalue weighted by Gasteiger charge is -2.39. The monoisotopic (exact) mass is 673 g/mol. The number of aliphatic hydroxyl groups is 2. The Bertz CT molecular complexity index is 1790. The van der Waals surface area contributed by atoms with E-state index in [9.17, 15) is 15.0 Å². The number of nitrogens with one attached hydrogen (secondary N) is 2. The van der Waals surface area contributed by atoms with E-state index in [1.165, 1.54) is 0 Å². The lowest BCUT2D eigenvalue weighted by molar-refractivity contribution is -0.253. The van der Waals surface area contributed by atoms with Crippen molar-refractivity contribution < 1.29 is 29.2 Å². The summed E-state index contributed by atoms with van der Waals surface area (Å²) in [5.41, 5.74) is 4.75. The van der Waals surface area contributed by atoms with E-state index in [-0.39, 0.29) is 30.9 Å². The number of para-hydroxylation sites is 1. The van der Waals surface area contributed by atoms with Crippen LogP contribution in [0.15, 0.2) is 133 Å². The average molecular weight is 674 g/mol. The van der Waals surface area contributed by atoms with Crippen LogP contribution in [0, 0.1) is 0 Å². The molecule has 1 aliphatic rings. The Kier molecular flexibility index (Phi) is 11.5.